The molecule has 2 atom stereocenters. The van der Waals surface area contributed by atoms with E-state index >= 15 is 0 Å². The summed E-state index contributed by atoms with van der Waals surface area (Å²) < 4.78 is 6.63. The fourth-order valence-electron chi connectivity index (χ4n) is 3.18. The second-order valence-corrected chi connectivity index (χ2v) is 7.79. The molecule has 3 aromatic carbocycles. The average Bonchev–Trinajstić information content (AvgIpc) is 2.78. The van der Waals surface area contributed by atoms with Crippen LogP contribution >= 0.6 is 15.9 Å². The molecule has 31 heavy (non-hydrogen) atoms. The SMILES string of the molecule is C[C@H](/C=C/C(=O)NO)[C@@H](OC(=O)Nc1ccc(Br)cc1)c1ccc(O)c2ccccc12. The van der Waals surface area contributed by atoms with Crippen molar-refractivity contribution in [1.29, 1.82) is 0 Å². The number of carbonyl (C=O) groups excluding carboxylic acids is 2. The number of amides is 2. The first-order chi connectivity index (χ1) is 14.9. The largest absolute Gasteiger partial charge is 0.507 e. The van der Waals surface area contributed by atoms with Crippen molar-refractivity contribution in [1.82, 2.24) is 5.48 Å². The van der Waals surface area contributed by atoms with Crippen molar-refractivity contribution in [3.63, 3.8) is 0 Å². The van der Waals surface area contributed by atoms with Crippen LogP contribution in [0.2, 0.25) is 0 Å². The van der Waals surface area contributed by atoms with Gasteiger partial charge in [-0.2, -0.15) is 0 Å². The summed E-state index contributed by atoms with van der Waals surface area (Å²) in [6, 6.07) is 17.5. The van der Waals surface area contributed by atoms with E-state index in [1.807, 2.05) is 12.1 Å². The number of phenolic OH excluding ortho intramolecular Hbond substituents is 1. The molecule has 0 heterocycles. The Hall–Kier alpha value is -3.36. The molecule has 0 bridgehead atoms. The van der Waals surface area contributed by atoms with Gasteiger partial charge in [-0.15, -0.1) is 0 Å². The van der Waals surface area contributed by atoms with Crippen LogP contribution in [0.4, 0.5) is 10.5 Å². The second kappa shape index (κ2) is 10.1. The molecule has 3 aromatic rings. The zero-order valence-corrected chi connectivity index (χ0v) is 18.2. The first kappa shape index (κ1) is 22.3. The highest BCUT2D eigenvalue weighted by Gasteiger charge is 2.25. The van der Waals surface area contributed by atoms with Crippen LogP contribution in [-0.2, 0) is 9.53 Å². The van der Waals surface area contributed by atoms with Crippen LogP contribution in [-0.4, -0.2) is 22.3 Å². The number of rotatable bonds is 6. The summed E-state index contributed by atoms with van der Waals surface area (Å²) in [6.07, 6.45) is 1.25. The quantitative estimate of drug-likeness (QED) is 0.216. The molecule has 0 aliphatic carbocycles. The third-order valence-corrected chi connectivity index (χ3v) is 5.23. The van der Waals surface area contributed by atoms with E-state index in [9.17, 15) is 14.7 Å². The highest BCUT2D eigenvalue weighted by Crippen LogP contribution is 2.36. The fourth-order valence-corrected chi connectivity index (χ4v) is 3.45. The second-order valence-electron chi connectivity index (χ2n) is 6.87. The Balaban J connectivity index is 1.94. The summed E-state index contributed by atoms with van der Waals surface area (Å²) in [6.45, 7) is 1.78. The minimum absolute atomic E-state index is 0.111. The van der Waals surface area contributed by atoms with E-state index in [2.05, 4.69) is 21.2 Å². The first-order valence-corrected chi connectivity index (χ1v) is 10.2. The van der Waals surface area contributed by atoms with Gasteiger partial charge in [0.05, 0.1) is 0 Å². The van der Waals surface area contributed by atoms with E-state index in [0.717, 1.165) is 15.9 Å². The molecule has 0 unspecified atom stereocenters. The first-order valence-electron chi connectivity index (χ1n) is 9.45. The van der Waals surface area contributed by atoms with Gasteiger partial charge < -0.3 is 9.84 Å². The van der Waals surface area contributed by atoms with Crippen LogP contribution in [0.25, 0.3) is 10.8 Å². The minimum atomic E-state index is -0.774. The Bertz CT molecular complexity index is 1110. The Labute approximate surface area is 187 Å². The number of ether oxygens (including phenoxy) is 1. The van der Waals surface area contributed by atoms with E-state index in [0.29, 0.717) is 16.6 Å². The van der Waals surface area contributed by atoms with Gasteiger partial charge in [0, 0.05) is 33.1 Å². The van der Waals surface area contributed by atoms with E-state index in [-0.39, 0.29) is 5.75 Å². The lowest BCUT2D eigenvalue weighted by Gasteiger charge is -2.24. The number of carbonyl (C=O) groups is 2. The number of aromatic hydroxyl groups is 1. The van der Waals surface area contributed by atoms with Crippen LogP contribution < -0.4 is 10.8 Å². The summed E-state index contributed by atoms with van der Waals surface area (Å²) in [5.41, 5.74) is 2.76. The van der Waals surface area contributed by atoms with Gasteiger partial charge in [0.1, 0.15) is 11.9 Å². The third kappa shape index (κ3) is 5.62. The Morgan fingerprint density at radius 2 is 1.71 bits per heavy atom. The summed E-state index contributed by atoms with van der Waals surface area (Å²) in [4.78, 5) is 24.1. The molecule has 0 aliphatic heterocycles. The van der Waals surface area contributed by atoms with Gasteiger partial charge in [0.2, 0.25) is 0 Å². The van der Waals surface area contributed by atoms with Crippen molar-refractivity contribution in [2.75, 3.05) is 5.32 Å². The normalized spacial score (nSPS) is 13.0. The van der Waals surface area contributed by atoms with Crippen LogP contribution in [0, 0.1) is 5.92 Å². The molecule has 0 saturated heterocycles. The van der Waals surface area contributed by atoms with Crippen molar-refractivity contribution in [2.45, 2.75) is 13.0 Å². The lowest BCUT2D eigenvalue weighted by Crippen LogP contribution is -2.22. The number of hydrogen-bond acceptors (Lipinski definition) is 5. The van der Waals surface area contributed by atoms with Crippen LogP contribution in [0.15, 0.2) is 77.3 Å². The molecule has 2 amide bonds. The summed E-state index contributed by atoms with van der Waals surface area (Å²) in [5, 5.41) is 23.0. The van der Waals surface area contributed by atoms with Gasteiger partial charge in [-0.25, -0.2) is 10.3 Å². The molecule has 7 nitrogen and oxygen atoms in total. The van der Waals surface area contributed by atoms with Gasteiger partial charge in [0.15, 0.2) is 0 Å². The number of halogens is 1. The Kier molecular flexibility index (Phi) is 7.28. The number of hydroxylamine groups is 1. The van der Waals surface area contributed by atoms with Crippen molar-refractivity contribution in [3.05, 3.63) is 82.9 Å². The van der Waals surface area contributed by atoms with Crippen LogP contribution in [0.3, 0.4) is 0 Å². The van der Waals surface area contributed by atoms with E-state index in [1.165, 1.54) is 17.6 Å². The third-order valence-electron chi connectivity index (χ3n) is 4.70. The molecule has 0 aromatic heterocycles. The lowest BCUT2D eigenvalue weighted by molar-refractivity contribution is -0.124. The molecule has 0 radical (unpaired) electrons. The Morgan fingerprint density at radius 1 is 1.03 bits per heavy atom. The smallest absolute Gasteiger partial charge is 0.412 e. The maximum absolute atomic E-state index is 12.6. The molecule has 0 saturated carbocycles. The fraction of sp³-hybridized carbons (Fsp3) is 0.130. The summed E-state index contributed by atoms with van der Waals surface area (Å²) >= 11 is 3.34. The molecule has 8 heteroatoms. The molecular weight excluding hydrogens is 464 g/mol. The topological polar surface area (TPSA) is 108 Å². The van der Waals surface area contributed by atoms with Gasteiger partial charge >= 0.3 is 6.09 Å². The zero-order chi connectivity index (χ0) is 22.4. The maximum Gasteiger partial charge on any atom is 0.412 e. The van der Waals surface area contributed by atoms with Crippen LogP contribution in [0.1, 0.15) is 18.6 Å². The molecule has 0 spiro atoms. The number of nitrogens with one attached hydrogen (secondary N) is 2. The van der Waals surface area contributed by atoms with E-state index in [1.54, 1.807) is 49.4 Å². The predicted octanol–water partition coefficient (Wildman–Crippen LogP) is 5.30. The van der Waals surface area contributed by atoms with E-state index < -0.39 is 24.0 Å². The molecule has 160 valence electrons. The monoisotopic (exact) mass is 484 g/mol. The lowest BCUT2D eigenvalue weighted by atomic mass is 9.92. The molecule has 0 fully saturated rings. The number of hydrogen-bond donors (Lipinski definition) is 4. The number of benzene rings is 3. The summed E-state index contributed by atoms with van der Waals surface area (Å²) in [5.74, 6) is -1.01. The average molecular weight is 485 g/mol. The van der Waals surface area contributed by atoms with Crippen molar-refractivity contribution in [3.8, 4) is 5.75 Å². The van der Waals surface area contributed by atoms with Gasteiger partial charge in [0.25, 0.3) is 5.91 Å². The minimum Gasteiger partial charge on any atom is -0.507 e. The summed E-state index contributed by atoms with van der Waals surface area (Å²) in [7, 11) is 0. The number of fused-ring (bicyclic) bond motifs is 1. The van der Waals surface area contributed by atoms with Crippen molar-refractivity contribution in [2.24, 2.45) is 5.92 Å². The predicted molar refractivity (Wildman–Crippen MR) is 121 cm³/mol. The molecule has 4 N–H and O–H groups in total. The van der Waals surface area contributed by atoms with Gasteiger partial charge in [-0.1, -0.05) is 59.3 Å². The van der Waals surface area contributed by atoms with Crippen molar-refractivity contribution < 1.29 is 24.6 Å². The van der Waals surface area contributed by atoms with Gasteiger partial charge in [-0.05, 0) is 35.7 Å². The number of phenols is 1. The molecule has 3 rings (SSSR count). The van der Waals surface area contributed by atoms with E-state index in [4.69, 9.17) is 9.94 Å². The highest BCUT2D eigenvalue weighted by atomic mass is 79.9. The molecule has 0 aliphatic rings. The number of anilines is 1. The van der Waals surface area contributed by atoms with Gasteiger partial charge in [-0.3, -0.25) is 15.3 Å². The highest BCUT2D eigenvalue weighted by molar-refractivity contribution is 9.10. The zero-order valence-electron chi connectivity index (χ0n) is 16.6. The molecular formula is C23H21BrN2O5. The van der Waals surface area contributed by atoms with Crippen molar-refractivity contribution >= 4 is 44.4 Å². The maximum atomic E-state index is 12.6. The Morgan fingerprint density at radius 3 is 2.39 bits per heavy atom. The standard InChI is InChI=1S/C23H21BrN2O5/c1-14(6-13-21(28)26-30)22(31-23(29)25-16-9-7-15(24)8-10-16)19-11-12-20(27)18-5-3-2-4-17(18)19/h2-14,22,27,30H,1H3,(H,25,29)(H,26,28)/b13-6+/t14-,22-/m1/s1. The van der Waals surface area contributed by atoms with Crippen LogP contribution in [0.5, 0.6) is 5.75 Å².